The molecule has 0 fully saturated rings. The van der Waals surface area contributed by atoms with Crippen molar-refractivity contribution < 1.29 is 0 Å². The number of hydrogen-bond donors (Lipinski definition) is 1. The number of pyridine rings is 1. The van der Waals surface area contributed by atoms with E-state index >= 15 is 0 Å². The van der Waals surface area contributed by atoms with Crippen molar-refractivity contribution in [2.45, 2.75) is 0 Å². The molecular weight excluding hydrogens is 190 g/mol. The Hall–Kier alpha value is -2.48. The fourth-order valence-electron chi connectivity index (χ4n) is 1.11. The minimum absolute atomic E-state index is 0.268. The van der Waals surface area contributed by atoms with E-state index in [9.17, 15) is 0 Å². The van der Waals surface area contributed by atoms with Crippen molar-refractivity contribution in [1.29, 1.82) is 0 Å². The lowest BCUT2D eigenvalue weighted by Crippen LogP contribution is -1.90. The van der Waals surface area contributed by atoms with Crippen LogP contribution in [0.3, 0.4) is 0 Å². The summed E-state index contributed by atoms with van der Waals surface area (Å²) in [6, 6.07) is 3.47. The van der Waals surface area contributed by atoms with E-state index in [0.29, 0.717) is 11.5 Å². The second-order valence-electron chi connectivity index (χ2n) is 2.85. The summed E-state index contributed by atoms with van der Waals surface area (Å²) in [6.07, 6.45) is 4.61. The van der Waals surface area contributed by atoms with Gasteiger partial charge in [0.15, 0.2) is 5.69 Å². The Bertz CT molecular complexity index is 512. The number of nitrogens with zero attached hydrogens (tertiary/aromatic N) is 4. The van der Waals surface area contributed by atoms with Crippen LogP contribution in [0.25, 0.3) is 16.1 Å². The highest BCUT2D eigenvalue weighted by atomic mass is 14.9. The van der Waals surface area contributed by atoms with Crippen molar-refractivity contribution in [1.82, 2.24) is 15.0 Å². The molecular formula is C10H7N5. The lowest BCUT2D eigenvalue weighted by atomic mass is 10.2. The smallest absolute Gasteiger partial charge is 0.288 e. The van der Waals surface area contributed by atoms with E-state index in [-0.39, 0.29) is 5.82 Å². The van der Waals surface area contributed by atoms with Crippen LogP contribution >= 0.6 is 0 Å². The van der Waals surface area contributed by atoms with Crippen LogP contribution in [-0.2, 0) is 0 Å². The molecule has 0 amide bonds. The monoisotopic (exact) mass is 197 g/mol. The van der Waals surface area contributed by atoms with Gasteiger partial charge < -0.3 is 10.6 Å². The van der Waals surface area contributed by atoms with Gasteiger partial charge in [0.1, 0.15) is 5.82 Å². The summed E-state index contributed by atoms with van der Waals surface area (Å²) in [5.41, 5.74) is 6.88. The molecule has 0 saturated carbocycles. The minimum atomic E-state index is 0.268. The molecule has 0 spiro atoms. The molecule has 2 heterocycles. The zero-order chi connectivity index (χ0) is 10.7. The Kier molecular flexibility index (Phi) is 2.25. The fraction of sp³-hybridized carbons (Fsp3) is 0. The van der Waals surface area contributed by atoms with Gasteiger partial charge in [-0.25, -0.2) is 4.98 Å². The summed E-state index contributed by atoms with van der Waals surface area (Å²) in [4.78, 5) is 15.2. The van der Waals surface area contributed by atoms with Crippen molar-refractivity contribution in [2.75, 3.05) is 5.73 Å². The van der Waals surface area contributed by atoms with E-state index in [0.717, 1.165) is 5.56 Å². The van der Waals surface area contributed by atoms with Crippen LogP contribution in [0.5, 0.6) is 0 Å². The van der Waals surface area contributed by atoms with E-state index in [1.54, 1.807) is 24.5 Å². The quantitative estimate of drug-likeness (QED) is 0.706. The molecule has 0 bridgehead atoms. The van der Waals surface area contributed by atoms with Crippen LogP contribution in [0, 0.1) is 6.57 Å². The molecule has 2 aromatic rings. The van der Waals surface area contributed by atoms with Crippen LogP contribution in [0.4, 0.5) is 11.6 Å². The third-order valence-corrected chi connectivity index (χ3v) is 1.82. The molecule has 0 unspecified atom stereocenters. The molecule has 2 rings (SSSR count). The van der Waals surface area contributed by atoms with Gasteiger partial charge in [-0.3, -0.25) is 4.98 Å². The van der Waals surface area contributed by atoms with E-state index < -0.39 is 0 Å². The van der Waals surface area contributed by atoms with Gasteiger partial charge in [-0.2, -0.15) is 0 Å². The number of nitrogen functional groups attached to an aromatic ring is 1. The van der Waals surface area contributed by atoms with Gasteiger partial charge in [-0.15, -0.1) is 4.98 Å². The van der Waals surface area contributed by atoms with Crippen molar-refractivity contribution >= 4 is 11.6 Å². The first-order valence-corrected chi connectivity index (χ1v) is 4.21. The number of anilines is 1. The third kappa shape index (κ3) is 1.89. The van der Waals surface area contributed by atoms with Crippen LogP contribution in [0.15, 0.2) is 30.7 Å². The molecule has 72 valence electrons. The average molecular weight is 197 g/mol. The molecule has 5 nitrogen and oxygen atoms in total. The van der Waals surface area contributed by atoms with E-state index in [1.807, 2.05) is 0 Å². The van der Waals surface area contributed by atoms with Crippen molar-refractivity contribution in [3.05, 3.63) is 42.1 Å². The Labute approximate surface area is 86.5 Å². The number of nitrogens with two attached hydrogens (primary N) is 1. The summed E-state index contributed by atoms with van der Waals surface area (Å²) in [5.74, 6) is 0.720. The maximum atomic E-state index is 6.82. The van der Waals surface area contributed by atoms with Gasteiger partial charge >= 0.3 is 0 Å². The van der Waals surface area contributed by atoms with Gasteiger partial charge in [0.25, 0.3) is 5.82 Å². The fourth-order valence-corrected chi connectivity index (χ4v) is 1.11. The average Bonchev–Trinajstić information content (AvgIpc) is 2.30. The molecule has 0 aliphatic rings. The normalized spacial score (nSPS) is 9.53. The highest BCUT2D eigenvalue weighted by molar-refractivity contribution is 5.60. The second kappa shape index (κ2) is 3.72. The number of hydrogen-bond acceptors (Lipinski definition) is 4. The molecule has 0 aromatic carbocycles. The topological polar surface area (TPSA) is 69.0 Å². The summed E-state index contributed by atoms with van der Waals surface area (Å²) >= 11 is 0. The first-order chi connectivity index (χ1) is 7.29. The molecule has 0 aliphatic heterocycles. The molecule has 2 N–H and O–H groups in total. The molecule has 0 radical (unpaired) electrons. The van der Waals surface area contributed by atoms with Crippen LogP contribution < -0.4 is 5.73 Å². The summed E-state index contributed by atoms with van der Waals surface area (Å²) in [5, 5.41) is 0. The lowest BCUT2D eigenvalue weighted by Gasteiger charge is -1.96. The Balaban J connectivity index is 2.46. The van der Waals surface area contributed by atoms with Gasteiger partial charge in [0.2, 0.25) is 0 Å². The molecule has 5 heteroatoms. The van der Waals surface area contributed by atoms with E-state index in [1.165, 1.54) is 6.20 Å². The van der Waals surface area contributed by atoms with Crippen molar-refractivity contribution in [2.24, 2.45) is 0 Å². The Morgan fingerprint density at radius 3 is 2.73 bits per heavy atom. The third-order valence-electron chi connectivity index (χ3n) is 1.82. The zero-order valence-electron chi connectivity index (χ0n) is 7.75. The molecule has 2 aromatic heterocycles. The molecule has 0 atom stereocenters. The highest BCUT2D eigenvalue weighted by Gasteiger charge is 2.05. The second-order valence-corrected chi connectivity index (χ2v) is 2.85. The Morgan fingerprint density at radius 2 is 2.07 bits per heavy atom. The summed E-state index contributed by atoms with van der Waals surface area (Å²) in [6.45, 7) is 6.82. The minimum Gasteiger partial charge on any atom is -0.384 e. The van der Waals surface area contributed by atoms with Gasteiger partial charge in [-0.1, -0.05) is 6.57 Å². The molecule has 15 heavy (non-hydrogen) atoms. The molecule has 0 aliphatic carbocycles. The van der Waals surface area contributed by atoms with Gasteiger partial charge in [0.05, 0.1) is 12.4 Å². The van der Waals surface area contributed by atoms with Crippen LogP contribution in [-0.4, -0.2) is 15.0 Å². The molecule has 0 saturated heterocycles. The maximum absolute atomic E-state index is 6.82. The first-order valence-electron chi connectivity index (χ1n) is 4.21. The van der Waals surface area contributed by atoms with E-state index in [2.05, 4.69) is 19.8 Å². The number of rotatable bonds is 1. The predicted octanol–water partition coefficient (Wildman–Crippen LogP) is 1.67. The maximum Gasteiger partial charge on any atom is 0.288 e. The van der Waals surface area contributed by atoms with Gasteiger partial charge in [-0.05, 0) is 12.1 Å². The SMILES string of the molecule is [C-]#[N+]c1cncc(-c2ccc(N)nc2)n1. The number of aromatic nitrogens is 3. The Morgan fingerprint density at radius 1 is 1.20 bits per heavy atom. The van der Waals surface area contributed by atoms with Gasteiger partial charge in [0, 0.05) is 11.8 Å². The first kappa shape index (κ1) is 9.09. The van der Waals surface area contributed by atoms with E-state index in [4.69, 9.17) is 12.3 Å². The largest absolute Gasteiger partial charge is 0.384 e. The standard InChI is InChI=1S/C10H7N5/c1-12-10-6-13-5-8(15-10)7-2-3-9(11)14-4-7/h2-6H,(H2,11,14). The van der Waals surface area contributed by atoms with Crippen LogP contribution in [0.2, 0.25) is 0 Å². The van der Waals surface area contributed by atoms with Crippen molar-refractivity contribution in [3.8, 4) is 11.3 Å². The van der Waals surface area contributed by atoms with Crippen LogP contribution in [0.1, 0.15) is 0 Å². The summed E-state index contributed by atoms with van der Waals surface area (Å²) < 4.78 is 0. The zero-order valence-corrected chi connectivity index (χ0v) is 7.75. The highest BCUT2D eigenvalue weighted by Crippen LogP contribution is 2.18. The lowest BCUT2D eigenvalue weighted by molar-refractivity contribution is 1.21. The van der Waals surface area contributed by atoms with Crippen molar-refractivity contribution in [3.63, 3.8) is 0 Å². The summed E-state index contributed by atoms with van der Waals surface area (Å²) in [7, 11) is 0. The predicted molar refractivity (Wildman–Crippen MR) is 55.9 cm³/mol.